The smallest absolute Gasteiger partial charge is 0.170 e. The highest BCUT2D eigenvalue weighted by Gasteiger charge is 2.08. The lowest BCUT2D eigenvalue weighted by Gasteiger charge is -2.01. The van der Waals surface area contributed by atoms with Gasteiger partial charge in [0.05, 0.1) is 6.42 Å². The molecule has 0 atom stereocenters. The molecule has 0 radical (unpaired) electrons. The van der Waals surface area contributed by atoms with E-state index >= 15 is 0 Å². The average molecular weight is 356 g/mol. The summed E-state index contributed by atoms with van der Waals surface area (Å²) in [5.74, 6) is 0.00798. The first-order chi connectivity index (χ1) is 8.15. The van der Waals surface area contributed by atoms with Crippen molar-refractivity contribution < 1.29 is 4.79 Å². The maximum Gasteiger partial charge on any atom is 0.170 e. The molecule has 0 unspecified atom stereocenters. The summed E-state index contributed by atoms with van der Waals surface area (Å²) in [6, 6.07) is 5.45. The van der Waals surface area contributed by atoms with Crippen LogP contribution in [-0.2, 0) is 6.42 Å². The molecule has 5 heteroatoms. The van der Waals surface area contributed by atoms with Crippen molar-refractivity contribution in [2.45, 2.75) is 6.42 Å². The van der Waals surface area contributed by atoms with Gasteiger partial charge in [0.25, 0.3) is 0 Å². The van der Waals surface area contributed by atoms with Crippen molar-refractivity contribution in [1.82, 2.24) is 9.97 Å². The van der Waals surface area contributed by atoms with E-state index in [-0.39, 0.29) is 12.2 Å². The standard InChI is InChI=1S/C12H8Br2N2O/c13-9-1-2-11(16-7-9)4-12(17)8-3-10(14)6-15-5-8/h1-3,5-7H,4H2. The molecule has 0 aliphatic heterocycles. The Kier molecular flexibility index (Phi) is 4.02. The molecule has 0 N–H and O–H groups in total. The molecule has 0 saturated carbocycles. The first kappa shape index (κ1) is 12.4. The van der Waals surface area contributed by atoms with Crippen molar-refractivity contribution >= 4 is 37.6 Å². The van der Waals surface area contributed by atoms with Gasteiger partial charge in [-0.1, -0.05) is 0 Å². The molecule has 3 nitrogen and oxygen atoms in total. The van der Waals surface area contributed by atoms with Gasteiger partial charge in [-0.25, -0.2) is 0 Å². The fraction of sp³-hybridized carbons (Fsp3) is 0.0833. The number of pyridine rings is 2. The number of halogens is 2. The molecule has 0 aliphatic carbocycles. The third-order valence-corrected chi connectivity index (χ3v) is 3.06. The molecule has 2 heterocycles. The summed E-state index contributed by atoms with van der Waals surface area (Å²) < 4.78 is 1.70. The summed E-state index contributed by atoms with van der Waals surface area (Å²) in [6.45, 7) is 0. The lowest BCUT2D eigenvalue weighted by Crippen LogP contribution is -2.05. The third kappa shape index (κ3) is 3.44. The number of ketones is 1. The maximum atomic E-state index is 11.9. The van der Waals surface area contributed by atoms with Gasteiger partial charge in [-0.2, -0.15) is 0 Å². The van der Waals surface area contributed by atoms with E-state index in [0.29, 0.717) is 5.56 Å². The van der Waals surface area contributed by atoms with Crippen molar-refractivity contribution in [3.63, 3.8) is 0 Å². The van der Waals surface area contributed by atoms with Crippen LogP contribution in [0.2, 0.25) is 0 Å². The highest BCUT2D eigenvalue weighted by Crippen LogP contribution is 2.13. The number of carbonyl (C=O) groups excluding carboxylic acids is 1. The highest BCUT2D eigenvalue weighted by atomic mass is 79.9. The molecular formula is C12H8Br2N2O. The summed E-state index contributed by atoms with van der Waals surface area (Å²) in [4.78, 5) is 20.1. The summed E-state index contributed by atoms with van der Waals surface area (Å²) in [5, 5.41) is 0. The minimum Gasteiger partial charge on any atom is -0.294 e. The second-order valence-electron chi connectivity index (χ2n) is 3.46. The number of carbonyl (C=O) groups is 1. The Bertz CT molecular complexity index is 540. The molecule has 0 fully saturated rings. The van der Waals surface area contributed by atoms with Crippen LogP contribution in [0.25, 0.3) is 0 Å². The molecule has 0 bridgehead atoms. The number of hydrogen-bond acceptors (Lipinski definition) is 3. The predicted octanol–water partition coefficient (Wildman–Crippen LogP) is 3.43. The molecule has 0 aromatic carbocycles. The second kappa shape index (κ2) is 5.51. The van der Waals surface area contributed by atoms with Crippen LogP contribution < -0.4 is 0 Å². The van der Waals surface area contributed by atoms with E-state index in [1.807, 2.05) is 12.1 Å². The molecule has 2 rings (SSSR count). The number of aromatic nitrogens is 2. The summed E-state index contributed by atoms with van der Waals surface area (Å²) in [5.41, 5.74) is 1.34. The van der Waals surface area contributed by atoms with Crippen molar-refractivity contribution in [1.29, 1.82) is 0 Å². The van der Waals surface area contributed by atoms with E-state index in [9.17, 15) is 4.79 Å². The normalized spacial score (nSPS) is 10.2. The van der Waals surface area contributed by atoms with Crippen LogP contribution in [0.5, 0.6) is 0 Å². The van der Waals surface area contributed by atoms with Crippen molar-refractivity contribution in [3.05, 3.63) is 57.0 Å². The second-order valence-corrected chi connectivity index (χ2v) is 5.29. The van der Waals surface area contributed by atoms with Gasteiger partial charge in [0.1, 0.15) is 0 Å². The van der Waals surface area contributed by atoms with Gasteiger partial charge < -0.3 is 0 Å². The first-order valence-corrected chi connectivity index (χ1v) is 6.48. The molecule has 0 aliphatic rings. The molecular weight excluding hydrogens is 348 g/mol. The fourth-order valence-electron chi connectivity index (χ4n) is 1.34. The van der Waals surface area contributed by atoms with Gasteiger partial charge in [-0.15, -0.1) is 0 Å². The number of nitrogens with zero attached hydrogens (tertiary/aromatic N) is 2. The lowest BCUT2D eigenvalue weighted by molar-refractivity contribution is 0.0991. The van der Waals surface area contributed by atoms with Crippen molar-refractivity contribution in [2.75, 3.05) is 0 Å². The van der Waals surface area contributed by atoms with Gasteiger partial charge in [0.2, 0.25) is 0 Å². The Hall–Kier alpha value is -1.07. The Morgan fingerprint density at radius 2 is 1.94 bits per heavy atom. The number of rotatable bonds is 3. The van der Waals surface area contributed by atoms with Crippen LogP contribution in [0.1, 0.15) is 16.1 Å². The molecule has 0 saturated heterocycles. The largest absolute Gasteiger partial charge is 0.294 e. The van der Waals surface area contributed by atoms with E-state index in [2.05, 4.69) is 41.8 Å². The van der Waals surface area contributed by atoms with E-state index < -0.39 is 0 Å². The van der Waals surface area contributed by atoms with Crippen LogP contribution in [0.3, 0.4) is 0 Å². The third-order valence-electron chi connectivity index (χ3n) is 2.16. The van der Waals surface area contributed by atoms with Gasteiger partial charge in [-0.3, -0.25) is 14.8 Å². The van der Waals surface area contributed by atoms with Crippen molar-refractivity contribution in [2.24, 2.45) is 0 Å². The van der Waals surface area contributed by atoms with Gasteiger partial charge in [0, 0.05) is 38.8 Å². The maximum absolute atomic E-state index is 11.9. The van der Waals surface area contributed by atoms with Crippen molar-refractivity contribution in [3.8, 4) is 0 Å². The van der Waals surface area contributed by atoms with Crippen LogP contribution >= 0.6 is 31.9 Å². The topological polar surface area (TPSA) is 42.9 Å². The Balaban J connectivity index is 2.14. The van der Waals surface area contributed by atoms with E-state index in [0.717, 1.165) is 14.6 Å². The number of hydrogen-bond donors (Lipinski definition) is 0. The van der Waals surface area contributed by atoms with Crippen LogP contribution in [0, 0.1) is 0 Å². The minimum atomic E-state index is 0.00798. The van der Waals surface area contributed by atoms with Crippen LogP contribution in [-0.4, -0.2) is 15.8 Å². The van der Waals surface area contributed by atoms with Gasteiger partial charge in [0.15, 0.2) is 5.78 Å². The Morgan fingerprint density at radius 3 is 2.59 bits per heavy atom. The fourth-order valence-corrected chi connectivity index (χ4v) is 1.94. The summed E-state index contributed by atoms with van der Waals surface area (Å²) in [6.07, 6.45) is 5.17. The average Bonchev–Trinajstić information content (AvgIpc) is 2.32. The zero-order valence-corrected chi connectivity index (χ0v) is 11.9. The Labute approximate surface area is 116 Å². The minimum absolute atomic E-state index is 0.00798. The molecule has 0 amide bonds. The monoisotopic (exact) mass is 354 g/mol. The quantitative estimate of drug-likeness (QED) is 0.792. The molecule has 0 spiro atoms. The predicted molar refractivity (Wildman–Crippen MR) is 71.9 cm³/mol. The van der Waals surface area contributed by atoms with Crippen LogP contribution in [0.15, 0.2) is 45.7 Å². The summed E-state index contributed by atoms with van der Waals surface area (Å²) >= 11 is 6.59. The Morgan fingerprint density at radius 1 is 1.12 bits per heavy atom. The summed E-state index contributed by atoms with van der Waals surface area (Å²) in [7, 11) is 0. The highest BCUT2D eigenvalue weighted by molar-refractivity contribution is 9.10. The molecule has 2 aromatic heterocycles. The molecule has 86 valence electrons. The zero-order valence-electron chi connectivity index (χ0n) is 8.73. The van der Waals surface area contributed by atoms with Gasteiger partial charge >= 0.3 is 0 Å². The number of Topliss-reactive ketones (excluding diaryl/α,β-unsaturated/α-hetero) is 1. The van der Waals surface area contributed by atoms with E-state index in [1.165, 1.54) is 0 Å². The van der Waals surface area contributed by atoms with Crippen LogP contribution in [0.4, 0.5) is 0 Å². The molecule has 17 heavy (non-hydrogen) atoms. The zero-order chi connectivity index (χ0) is 12.3. The lowest BCUT2D eigenvalue weighted by atomic mass is 10.1. The first-order valence-electron chi connectivity index (χ1n) is 4.89. The van der Waals surface area contributed by atoms with E-state index in [1.54, 1.807) is 24.7 Å². The molecule has 2 aromatic rings. The van der Waals surface area contributed by atoms with E-state index in [4.69, 9.17) is 0 Å². The van der Waals surface area contributed by atoms with Gasteiger partial charge in [-0.05, 0) is 50.1 Å². The SMILES string of the molecule is O=C(Cc1ccc(Br)cn1)c1cncc(Br)c1.